The summed E-state index contributed by atoms with van der Waals surface area (Å²) in [6, 6.07) is 12.6. The molecule has 2 aliphatic rings. The Morgan fingerprint density at radius 3 is 2.21 bits per heavy atom. The molecule has 2 aliphatic heterocycles. The monoisotopic (exact) mass is 322 g/mol. The number of halogens is 1. The van der Waals surface area contributed by atoms with E-state index in [4.69, 9.17) is 0 Å². The van der Waals surface area contributed by atoms with Gasteiger partial charge in [0, 0.05) is 13.1 Å². The number of hydrogen-bond acceptors (Lipinski definition) is 3. The van der Waals surface area contributed by atoms with Gasteiger partial charge in [-0.1, -0.05) is 30.3 Å². The van der Waals surface area contributed by atoms with Crippen molar-refractivity contribution in [2.45, 2.75) is 6.04 Å². The van der Waals surface area contributed by atoms with Crippen LogP contribution < -0.4 is 5.32 Å². The van der Waals surface area contributed by atoms with Crippen LogP contribution in [0.4, 0.5) is 4.39 Å². The number of amides is 2. The first-order valence-electron chi connectivity index (χ1n) is 7.80. The second-order valence-corrected chi connectivity index (χ2v) is 5.87. The van der Waals surface area contributed by atoms with Gasteiger partial charge in [0.05, 0.1) is 17.2 Å². The van der Waals surface area contributed by atoms with Gasteiger partial charge in [0.1, 0.15) is 5.82 Å². The number of fused-ring (bicyclic) bond motifs is 1. The lowest BCUT2D eigenvalue weighted by Gasteiger charge is -2.32. The normalized spacial score (nSPS) is 20.1. The summed E-state index contributed by atoms with van der Waals surface area (Å²) in [5.74, 6) is -0.875. The molecule has 2 heterocycles. The molecule has 0 aliphatic carbocycles. The molecule has 1 N–H and O–H groups in total. The van der Waals surface area contributed by atoms with E-state index in [9.17, 15) is 14.0 Å². The zero-order valence-electron chi connectivity index (χ0n) is 12.8. The van der Waals surface area contributed by atoms with E-state index in [0.717, 1.165) is 11.1 Å². The summed E-state index contributed by atoms with van der Waals surface area (Å²) < 4.78 is 13.2. The molecule has 0 radical (unpaired) electrons. The summed E-state index contributed by atoms with van der Waals surface area (Å²) in [5.41, 5.74) is 2.56. The molecule has 0 spiro atoms. The number of carbonyl (C=O) groups excluding carboxylic acids is 2. The molecule has 2 aromatic rings. The van der Waals surface area contributed by atoms with Crippen molar-refractivity contribution in [1.29, 1.82) is 0 Å². The van der Waals surface area contributed by atoms with E-state index < -0.39 is 6.04 Å². The lowest BCUT2D eigenvalue weighted by Crippen LogP contribution is -2.48. The Morgan fingerprint density at radius 2 is 1.58 bits per heavy atom. The minimum absolute atomic E-state index is 0.280. The molecular weight excluding hydrogens is 307 g/mol. The van der Waals surface area contributed by atoms with Crippen molar-refractivity contribution in [3.05, 3.63) is 77.1 Å². The van der Waals surface area contributed by atoms with Crippen LogP contribution in [0.3, 0.4) is 0 Å². The molecule has 1 atom stereocenters. The molecule has 0 fully saturated rings. The van der Waals surface area contributed by atoms with Crippen LogP contribution in [0, 0.1) is 5.82 Å². The predicted octanol–water partition coefficient (Wildman–Crippen LogP) is 2.48. The van der Waals surface area contributed by atoms with Gasteiger partial charge in [-0.05, 0) is 35.4 Å². The minimum atomic E-state index is -0.406. The van der Waals surface area contributed by atoms with E-state index in [-0.39, 0.29) is 17.6 Å². The largest absolute Gasteiger partial charge is 0.311 e. The van der Waals surface area contributed by atoms with Gasteiger partial charge < -0.3 is 5.32 Å². The number of nitrogens with one attached hydrogen (secondary N) is 1. The average molecular weight is 322 g/mol. The van der Waals surface area contributed by atoms with Gasteiger partial charge in [-0.3, -0.25) is 14.5 Å². The first-order chi connectivity index (χ1) is 11.7. The highest BCUT2D eigenvalue weighted by Gasteiger charge is 2.41. The first kappa shape index (κ1) is 14.8. The van der Waals surface area contributed by atoms with E-state index in [1.807, 2.05) is 6.08 Å². The van der Waals surface area contributed by atoms with Crippen LogP contribution in [0.2, 0.25) is 0 Å². The second-order valence-electron chi connectivity index (χ2n) is 5.87. The van der Waals surface area contributed by atoms with Crippen LogP contribution in [0.15, 0.2) is 54.6 Å². The molecule has 0 aromatic heterocycles. The van der Waals surface area contributed by atoms with Crippen molar-refractivity contribution in [2.75, 3.05) is 13.1 Å². The van der Waals surface area contributed by atoms with Crippen LogP contribution in [0.25, 0.3) is 5.57 Å². The van der Waals surface area contributed by atoms with E-state index >= 15 is 0 Å². The maximum absolute atomic E-state index is 13.2. The van der Waals surface area contributed by atoms with E-state index in [1.54, 1.807) is 36.4 Å². The molecule has 0 saturated heterocycles. The zero-order chi connectivity index (χ0) is 16.7. The summed E-state index contributed by atoms with van der Waals surface area (Å²) in [6.07, 6.45) is 1.95. The molecule has 5 heteroatoms. The number of benzene rings is 2. The molecule has 0 unspecified atom stereocenters. The fourth-order valence-electron chi connectivity index (χ4n) is 3.32. The summed E-state index contributed by atoms with van der Waals surface area (Å²) in [4.78, 5) is 26.8. The smallest absolute Gasteiger partial charge is 0.262 e. The van der Waals surface area contributed by atoms with Crippen LogP contribution in [0.1, 0.15) is 26.3 Å². The van der Waals surface area contributed by atoms with Crippen LogP contribution in [0.5, 0.6) is 0 Å². The standard InChI is InChI=1S/C19H15FN2O2/c20-13-7-5-12(6-8-13)14-9-10-21-11-17(14)22-18(23)15-3-1-2-4-16(15)19(22)24/h1-9,17,21H,10-11H2/t17-/m0/s1. The average Bonchev–Trinajstić information content (AvgIpc) is 2.87. The highest BCUT2D eigenvalue weighted by atomic mass is 19.1. The third-order valence-corrected chi connectivity index (χ3v) is 4.48. The molecule has 24 heavy (non-hydrogen) atoms. The van der Waals surface area contributed by atoms with Gasteiger partial charge in [0.25, 0.3) is 11.8 Å². The molecule has 4 nitrogen and oxygen atoms in total. The number of imide groups is 1. The molecule has 4 rings (SSSR count). The van der Waals surface area contributed by atoms with E-state index in [2.05, 4.69) is 5.32 Å². The van der Waals surface area contributed by atoms with Gasteiger partial charge in [-0.15, -0.1) is 0 Å². The van der Waals surface area contributed by atoms with Gasteiger partial charge in [0.15, 0.2) is 0 Å². The van der Waals surface area contributed by atoms with Crippen LogP contribution >= 0.6 is 0 Å². The van der Waals surface area contributed by atoms with Crippen molar-refractivity contribution in [1.82, 2.24) is 10.2 Å². The molecule has 0 bridgehead atoms. The summed E-state index contributed by atoms with van der Waals surface area (Å²) in [6.45, 7) is 1.13. The Morgan fingerprint density at radius 1 is 0.958 bits per heavy atom. The molecule has 120 valence electrons. The summed E-state index contributed by atoms with van der Waals surface area (Å²) in [5, 5.41) is 3.19. The van der Waals surface area contributed by atoms with Crippen molar-refractivity contribution < 1.29 is 14.0 Å². The maximum atomic E-state index is 13.2. The Bertz CT molecular complexity index is 823. The van der Waals surface area contributed by atoms with Gasteiger partial charge in [-0.25, -0.2) is 4.39 Å². The minimum Gasteiger partial charge on any atom is -0.311 e. The summed E-state index contributed by atoms with van der Waals surface area (Å²) in [7, 11) is 0. The third-order valence-electron chi connectivity index (χ3n) is 4.48. The van der Waals surface area contributed by atoms with Crippen LogP contribution in [-0.2, 0) is 0 Å². The Kier molecular flexibility index (Phi) is 3.50. The van der Waals surface area contributed by atoms with E-state index in [1.165, 1.54) is 17.0 Å². The summed E-state index contributed by atoms with van der Waals surface area (Å²) >= 11 is 0. The van der Waals surface area contributed by atoms with Crippen molar-refractivity contribution >= 4 is 17.4 Å². The van der Waals surface area contributed by atoms with Gasteiger partial charge in [0.2, 0.25) is 0 Å². The molecule has 2 aromatic carbocycles. The molecular formula is C19H15FN2O2. The fourth-order valence-corrected chi connectivity index (χ4v) is 3.32. The topological polar surface area (TPSA) is 49.4 Å². The predicted molar refractivity (Wildman–Crippen MR) is 88.0 cm³/mol. The SMILES string of the molecule is O=C1c2ccccc2C(=O)N1[C@H]1CNCC=C1c1ccc(F)cc1. The van der Waals surface area contributed by atoms with Crippen molar-refractivity contribution in [3.63, 3.8) is 0 Å². The fraction of sp³-hybridized carbons (Fsp3) is 0.158. The number of rotatable bonds is 2. The van der Waals surface area contributed by atoms with Crippen LogP contribution in [-0.4, -0.2) is 35.8 Å². The Labute approximate surface area is 138 Å². The third kappa shape index (κ3) is 2.25. The second kappa shape index (κ2) is 5.69. The Balaban J connectivity index is 1.74. The first-order valence-corrected chi connectivity index (χ1v) is 7.80. The quantitative estimate of drug-likeness (QED) is 0.864. The number of carbonyl (C=O) groups is 2. The number of hydrogen-bond donors (Lipinski definition) is 1. The number of nitrogens with zero attached hydrogens (tertiary/aromatic N) is 1. The molecule has 2 amide bonds. The lowest BCUT2D eigenvalue weighted by atomic mass is 9.94. The van der Waals surface area contributed by atoms with Gasteiger partial charge in [-0.2, -0.15) is 0 Å². The van der Waals surface area contributed by atoms with Crippen molar-refractivity contribution in [2.24, 2.45) is 0 Å². The zero-order valence-corrected chi connectivity index (χ0v) is 12.8. The van der Waals surface area contributed by atoms with Crippen molar-refractivity contribution in [3.8, 4) is 0 Å². The maximum Gasteiger partial charge on any atom is 0.262 e. The highest BCUT2D eigenvalue weighted by molar-refractivity contribution is 6.22. The molecule has 0 saturated carbocycles. The van der Waals surface area contributed by atoms with E-state index in [0.29, 0.717) is 24.2 Å². The Hall–Kier alpha value is -2.79. The highest BCUT2D eigenvalue weighted by Crippen LogP contribution is 2.31. The van der Waals surface area contributed by atoms with Gasteiger partial charge >= 0.3 is 0 Å². The lowest BCUT2D eigenvalue weighted by molar-refractivity contribution is 0.0618.